The van der Waals surface area contributed by atoms with Crippen LogP contribution in [0.15, 0.2) is 16.5 Å². The fraction of sp³-hybridized carbons (Fsp3) is 0.556. The smallest absolute Gasteiger partial charge is 0.310 e. The number of furan rings is 1. The molecule has 0 aliphatic carbocycles. The van der Waals surface area contributed by atoms with Gasteiger partial charge in [0.2, 0.25) is 0 Å². The summed E-state index contributed by atoms with van der Waals surface area (Å²) in [5, 5.41) is 0. The molecule has 0 N–H and O–H groups in total. The molecule has 6 heteroatoms. The number of amides is 1. The number of likely N-dealkylation sites (tertiary alicyclic amines) is 1. The molecule has 3 rings (SSSR count). The standard InChI is InChI=1S/C18H24N2O4/c1-4-20-14-9-12(3)24-16(14)10-15(20)17(21)19-8-6-7-13(11-19)18(22)23-5-2/h9-10,13H,4-8,11H2,1-3H3. The van der Waals surface area contributed by atoms with E-state index in [-0.39, 0.29) is 17.8 Å². The van der Waals surface area contributed by atoms with Crippen LogP contribution >= 0.6 is 0 Å². The van der Waals surface area contributed by atoms with Gasteiger partial charge in [0.05, 0.1) is 18.0 Å². The molecule has 3 heterocycles. The third kappa shape index (κ3) is 2.92. The summed E-state index contributed by atoms with van der Waals surface area (Å²) in [6.07, 6.45) is 1.59. The van der Waals surface area contributed by atoms with Crippen molar-refractivity contribution in [3.8, 4) is 0 Å². The predicted molar refractivity (Wildman–Crippen MR) is 89.9 cm³/mol. The van der Waals surface area contributed by atoms with E-state index < -0.39 is 0 Å². The molecule has 2 aromatic heterocycles. The van der Waals surface area contributed by atoms with Gasteiger partial charge in [0.25, 0.3) is 5.91 Å². The molecule has 0 spiro atoms. The average molecular weight is 332 g/mol. The second-order valence-corrected chi connectivity index (χ2v) is 6.22. The van der Waals surface area contributed by atoms with Crippen LogP contribution in [0.1, 0.15) is 42.9 Å². The Bertz CT molecular complexity index is 758. The molecule has 0 aromatic carbocycles. The highest BCUT2D eigenvalue weighted by atomic mass is 16.5. The molecule has 0 radical (unpaired) electrons. The Hall–Kier alpha value is -2.24. The van der Waals surface area contributed by atoms with Gasteiger partial charge < -0.3 is 18.6 Å². The maximum Gasteiger partial charge on any atom is 0.310 e. The second kappa shape index (κ2) is 6.71. The Morgan fingerprint density at radius 1 is 1.33 bits per heavy atom. The van der Waals surface area contributed by atoms with Gasteiger partial charge in [-0.2, -0.15) is 0 Å². The van der Waals surface area contributed by atoms with Crippen molar-refractivity contribution in [2.24, 2.45) is 5.92 Å². The van der Waals surface area contributed by atoms with Crippen LogP contribution in [0.25, 0.3) is 11.1 Å². The quantitative estimate of drug-likeness (QED) is 0.808. The molecule has 130 valence electrons. The first-order valence-corrected chi connectivity index (χ1v) is 8.60. The van der Waals surface area contributed by atoms with Crippen molar-refractivity contribution in [1.29, 1.82) is 0 Å². The number of ether oxygens (including phenoxy) is 1. The largest absolute Gasteiger partial charge is 0.466 e. The van der Waals surface area contributed by atoms with Crippen LogP contribution in [0.4, 0.5) is 0 Å². The molecule has 0 saturated carbocycles. The van der Waals surface area contributed by atoms with Gasteiger partial charge in [0.1, 0.15) is 11.5 Å². The third-order valence-electron chi connectivity index (χ3n) is 4.58. The zero-order valence-corrected chi connectivity index (χ0v) is 14.5. The summed E-state index contributed by atoms with van der Waals surface area (Å²) in [4.78, 5) is 26.7. The van der Waals surface area contributed by atoms with Crippen LogP contribution < -0.4 is 0 Å². The monoisotopic (exact) mass is 332 g/mol. The summed E-state index contributed by atoms with van der Waals surface area (Å²) < 4.78 is 12.7. The third-order valence-corrected chi connectivity index (χ3v) is 4.58. The molecular formula is C18H24N2O4. The number of carbonyl (C=O) groups excluding carboxylic acids is 2. The number of fused-ring (bicyclic) bond motifs is 1. The predicted octanol–water partition coefficient (Wildman–Crippen LogP) is 2.98. The highest BCUT2D eigenvalue weighted by Crippen LogP contribution is 2.26. The van der Waals surface area contributed by atoms with E-state index in [1.807, 2.05) is 30.5 Å². The normalized spacial score (nSPS) is 18.1. The van der Waals surface area contributed by atoms with Gasteiger partial charge in [-0.25, -0.2) is 0 Å². The summed E-state index contributed by atoms with van der Waals surface area (Å²) in [5.41, 5.74) is 2.30. The molecule has 6 nitrogen and oxygen atoms in total. The number of piperidine rings is 1. The summed E-state index contributed by atoms with van der Waals surface area (Å²) in [6.45, 7) is 7.87. The van der Waals surface area contributed by atoms with E-state index in [4.69, 9.17) is 9.15 Å². The fourth-order valence-corrected chi connectivity index (χ4v) is 3.46. The molecule has 1 saturated heterocycles. The number of carbonyl (C=O) groups is 2. The van der Waals surface area contributed by atoms with Crippen molar-refractivity contribution in [3.05, 3.63) is 23.6 Å². The summed E-state index contributed by atoms with van der Waals surface area (Å²) in [5.74, 6) is 0.361. The number of rotatable bonds is 4. The van der Waals surface area contributed by atoms with Gasteiger partial charge in [-0.15, -0.1) is 0 Å². The van der Waals surface area contributed by atoms with Crippen molar-refractivity contribution in [2.75, 3.05) is 19.7 Å². The van der Waals surface area contributed by atoms with E-state index in [2.05, 4.69) is 0 Å². The van der Waals surface area contributed by atoms with E-state index >= 15 is 0 Å². The van der Waals surface area contributed by atoms with Gasteiger partial charge in [0.15, 0.2) is 5.58 Å². The van der Waals surface area contributed by atoms with E-state index in [1.165, 1.54) is 0 Å². The average Bonchev–Trinajstić information content (AvgIpc) is 3.10. The van der Waals surface area contributed by atoms with Crippen LogP contribution in [0, 0.1) is 12.8 Å². The lowest BCUT2D eigenvalue weighted by Gasteiger charge is -2.31. The van der Waals surface area contributed by atoms with Crippen LogP contribution in [0.3, 0.4) is 0 Å². The fourth-order valence-electron chi connectivity index (χ4n) is 3.46. The molecule has 1 atom stereocenters. The van der Waals surface area contributed by atoms with Crippen LogP contribution in [0.5, 0.6) is 0 Å². The number of nitrogens with zero attached hydrogens (tertiary/aromatic N) is 2. The molecule has 0 bridgehead atoms. The Labute approximate surface area is 141 Å². The maximum absolute atomic E-state index is 13.0. The molecule has 1 aliphatic rings. The lowest BCUT2D eigenvalue weighted by molar-refractivity contribution is -0.149. The molecule has 1 fully saturated rings. The topological polar surface area (TPSA) is 64.7 Å². The first-order valence-electron chi connectivity index (χ1n) is 8.60. The first kappa shape index (κ1) is 16.6. The number of aromatic nitrogens is 1. The Morgan fingerprint density at radius 2 is 2.12 bits per heavy atom. The highest BCUT2D eigenvalue weighted by Gasteiger charge is 2.31. The van der Waals surface area contributed by atoms with E-state index in [0.717, 1.165) is 29.7 Å². The molecule has 2 aromatic rings. The van der Waals surface area contributed by atoms with Gasteiger partial charge in [0, 0.05) is 31.8 Å². The van der Waals surface area contributed by atoms with E-state index in [1.54, 1.807) is 11.8 Å². The summed E-state index contributed by atoms with van der Waals surface area (Å²) in [6, 6.07) is 3.76. The van der Waals surface area contributed by atoms with Crippen LogP contribution in [-0.4, -0.2) is 41.0 Å². The second-order valence-electron chi connectivity index (χ2n) is 6.22. The van der Waals surface area contributed by atoms with Crippen LogP contribution in [0.2, 0.25) is 0 Å². The molecule has 1 aliphatic heterocycles. The summed E-state index contributed by atoms with van der Waals surface area (Å²) >= 11 is 0. The zero-order valence-electron chi connectivity index (χ0n) is 14.5. The minimum Gasteiger partial charge on any atom is -0.466 e. The number of hydrogen-bond donors (Lipinski definition) is 0. The van der Waals surface area contributed by atoms with Gasteiger partial charge in [-0.05, 0) is 33.6 Å². The highest BCUT2D eigenvalue weighted by molar-refractivity contribution is 5.98. The van der Waals surface area contributed by atoms with Crippen molar-refractivity contribution < 1.29 is 18.7 Å². The maximum atomic E-state index is 13.0. The van der Waals surface area contributed by atoms with Gasteiger partial charge >= 0.3 is 5.97 Å². The molecular weight excluding hydrogens is 308 g/mol. The van der Waals surface area contributed by atoms with Crippen molar-refractivity contribution in [1.82, 2.24) is 9.47 Å². The number of aryl methyl sites for hydroxylation is 2. The Morgan fingerprint density at radius 3 is 2.83 bits per heavy atom. The lowest BCUT2D eigenvalue weighted by atomic mass is 9.98. The molecule has 24 heavy (non-hydrogen) atoms. The van der Waals surface area contributed by atoms with E-state index in [0.29, 0.717) is 31.9 Å². The van der Waals surface area contributed by atoms with Crippen molar-refractivity contribution >= 4 is 23.0 Å². The Balaban J connectivity index is 1.83. The molecule has 1 amide bonds. The zero-order chi connectivity index (χ0) is 17.3. The van der Waals surface area contributed by atoms with E-state index in [9.17, 15) is 9.59 Å². The molecule has 1 unspecified atom stereocenters. The summed E-state index contributed by atoms with van der Waals surface area (Å²) in [7, 11) is 0. The van der Waals surface area contributed by atoms with Crippen molar-refractivity contribution in [2.45, 2.75) is 40.2 Å². The minimum absolute atomic E-state index is 0.0464. The number of esters is 1. The van der Waals surface area contributed by atoms with Crippen molar-refractivity contribution in [3.63, 3.8) is 0 Å². The minimum atomic E-state index is -0.224. The lowest BCUT2D eigenvalue weighted by Crippen LogP contribution is -2.43. The van der Waals surface area contributed by atoms with Crippen LogP contribution in [-0.2, 0) is 16.1 Å². The Kier molecular flexibility index (Phi) is 4.64. The van der Waals surface area contributed by atoms with Gasteiger partial charge in [-0.3, -0.25) is 9.59 Å². The first-order chi connectivity index (χ1) is 11.5. The SMILES string of the molecule is CCOC(=O)C1CCCN(C(=O)c2cc3oc(C)cc3n2CC)C1. The van der Waals surface area contributed by atoms with Gasteiger partial charge in [-0.1, -0.05) is 0 Å². The number of hydrogen-bond acceptors (Lipinski definition) is 4.